The van der Waals surface area contributed by atoms with Gasteiger partial charge in [0.15, 0.2) is 0 Å². The molecule has 1 N–H and O–H groups in total. The van der Waals surface area contributed by atoms with Crippen LogP contribution in [0.5, 0.6) is 0 Å². The predicted octanol–water partition coefficient (Wildman–Crippen LogP) is 0.976. The highest BCUT2D eigenvalue weighted by atomic mass is 15.1. The van der Waals surface area contributed by atoms with E-state index in [4.69, 9.17) is 5.41 Å². The monoisotopic (exact) mass is 114 g/mol. The van der Waals surface area contributed by atoms with Gasteiger partial charge in [-0.15, -0.1) is 0 Å². The van der Waals surface area contributed by atoms with Gasteiger partial charge in [0, 0.05) is 12.3 Å². The van der Waals surface area contributed by atoms with Crippen LogP contribution < -0.4 is 0 Å². The molecule has 0 bridgehead atoms. The molecule has 8 heavy (non-hydrogen) atoms. The molecule has 0 aromatic heterocycles. The molecule has 0 aromatic rings. The van der Waals surface area contributed by atoms with Crippen molar-refractivity contribution < 1.29 is 0 Å². The van der Waals surface area contributed by atoms with Crippen LogP contribution in [0.2, 0.25) is 0 Å². The minimum atomic E-state index is 0.329. The molecule has 0 saturated carbocycles. The molecule has 0 saturated heterocycles. The van der Waals surface area contributed by atoms with Crippen LogP contribution in [0.4, 0.5) is 0 Å². The quantitative estimate of drug-likeness (QED) is 0.544. The summed E-state index contributed by atoms with van der Waals surface area (Å²) in [7, 11) is 3.97. The van der Waals surface area contributed by atoms with Gasteiger partial charge in [-0.25, -0.2) is 0 Å². The Hall–Kier alpha value is -0.370. The number of hydrogen-bond donors (Lipinski definition) is 1. The second-order valence-corrected chi connectivity index (χ2v) is 2.11. The van der Waals surface area contributed by atoms with Crippen LogP contribution in [0.3, 0.4) is 0 Å². The first-order chi connectivity index (χ1) is 3.72. The molecule has 2 nitrogen and oxygen atoms in total. The average molecular weight is 114 g/mol. The normalized spacial score (nSPS) is 14.0. The van der Waals surface area contributed by atoms with Crippen LogP contribution in [-0.2, 0) is 0 Å². The summed E-state index contributed by atoms with van der Waals surface area (Å²) in [6, 6.07) is 0.329. The van der Waals surface area contributed by atoms with E-state index in [0.717, 1.165) is 6.42 Å². The molecule has 2 heteroatoms. The largest absolute Gasteiger partial charge is 0.311 e. The zero-order valence-corrected chi connectivity index (χ0v) is 5.81. The molecule has 0 fully saturated rings. The molecule has 0 rings (SSSR count). The van der Waals surface area contributed by atoms with Crippen molar-refractivity contribution in [1.82, 2.24) is 4.90 Å². The van der Waals surface area contributed by atoms with Crippen LogP contribution in [-0.4, -0.2) is 31.3 Å². The van der Waals surface area contributed by atoms with E-state index in [2.05, 4.69) is 6.92 Å². The molecule has 0 aliphatic rings. The lowest BCUT2D eigenvalue weighted by molar-refractivity contribution is 0.358. The maximum Gasteiger partial charge on any atom is 0.0435 e. The van der Waals surface area contributed by atoms with E-state index < -0.39 is 0 Å². The van der Waals surface area contributed by atoms with Crippen LogP contribution in [0, 0.1) is 5.41 Å². The lowest BCUT2D eigenvalue weighted by Gasteiger charge is -2.16. The molecular weight excluding hydrogens is 100 g/mol. The van der Waals surface area contributed by atoms with E-state index in [9.17, 15) is 0 Å². The van der Waals surface area contributed by atoms with Crippen LogP contribution in [0.15, 0.2) is 0 Å². The Morgan fingerprint density at radius 1 is 1.62 bits per heavy atom. The molecule has 0 heterocycles. The first-order valence-electron chi connectivity index (χ1n) is 2.89. The van der Waals surface area contributed by atoms with Crippen molar-refractivity contribution in [3.8, 4) is 0 Å². The fourth-order valence-corrected chi connectivity index (χ4v) is 0.632. The van der Waals surface area contributed by atoms with E-state index in [1.807, 2.05) is 19.0 Å². The standard InChI is InChI=1S/C6H14N2/c1-4-6(5-7)8(2)3/h5-7H,4H2,1-3H3/t6-/m0/s1. The van der Waals surface area contributed by atoms with Crippen molar-refractivity contribution in [2.24, 2.45) is 0 Å². The Kier molecular flexibility index (Phi) is 3.44. The summed E-state index contributed by atoms with van der Waals surface area (Å²) in [6.45, 7) is 2.08. The lowest BCUT2D eigenvalue weighted by Crippen LogP contribution is -2.27. The smallest absolute Gasteiger partial charge is 0.0435 e. The first-order valence-corrected chi connectivity index (χ1v) is 2.89. The van der Waals surface area contributed by atoms with Gasteiger partial charge in [0.25, 0.3) is 0 Å². The first kappa shape index (κ1) is 7.63. The molecule has 0 unspecified atom stereocenters. The molecule has 0 aliphatic carbocycles. The van der Waals surface area contributed by atoms with Gasteiger partial charge in [0.1, 0.15) is 0 Å². The molecule has 0 radical (unpaired) electrons. The maximum atomic E-state index is 6.92. The summed E-state index contributed by atoms with van der Waals surface area (Å²) < 4.78 is 0. The highest BCUT2D eigenvalue weighted by molar-refractivity contribution is 5.60. The van der Waals surface area contributed by atoms with E-state index >= 15 is 0 Å². The zero-order valence-electron chi connectivity index (χ0n) is 5.81. The van der Waals surface area contributed by atoms with Crippen molar-refractivity contribution in [1.29, 1.82) is 5.41 Å². The summed E-state index contributed by atoms with van der Waals surface area (Å²) in [5.74, 6) is 0. The Morgan fingerprint density at radius 2 is 2.12 bits per heavy atom. The van der Waals surface area contributed by atoms with Gasteiger partial charge in [0.05, 0.1) is 0 Å². The number of nitrogens with one attached hydrogen (secondary N) is 1. The summed E-state index contributed by atoms with van der Waals surface area (Å²) in [4.78, 5) is 2.03. The van der Waals surface area contributed by atoms with Crippen LogP contribution in [0.1, 0.15) is 13.3 Å². The Morgan fingerprint density at radius 3 is 2.12 bits per heavy atom. The minimum absolute atomic E-state index is 0.329. The summed E-state index contributed by atoms with van der Waals surface area (Å²) in [6.07, 6.45) is 2.50. The molecule has 1 atom stereocenters. The summed E-state index contributed by atoms with van der Waals surface area (Å²) >= 11 is 0. The lowest BCUT2D eigenvalue weighted by atomic mass is 10.2. The topological polar surface area (TPSA) is 27.1 Å². The van der Waals surface area contributed by atoms with Gasteiger partial charge >= 0.3 is 0 Å². The SMILES string of the molecule is CC[C@@H](C=N)N(C)C. The van der Waals surface area contributed by atoms with E-state index in [0.29, 0.717) is 6.04 Å². The third kappa shape index (κ3) is 2.07. The number of nitrogens with zero attached hydrogens (tertiary/aromatic N) is 1. The predicted molar refractivity (Wildman–Crippen MR) is 36.5 cm³/mol. The second kappa shape index (κ2) is 3.61. The van der Waals surface area contributed by atoms with Crippen molar-refractivity contribution in [3.05, 3.63) is 0 Å². The third-order valence-corrected chi connectivity index (χ3v) is 1.27. The molecule has 0 aromatic carbocycles. The molecule has 48 valence electrons. The van der Waals surface area contributed by atoms with Gasteiger partial charge in [-0.2, -0.15) is 0 Å². The zero-order chi connectivity index (χ0) is 6.57. The highest BCUT2D eigenvalue weighted by Crippen LogP contribution is 1.92. The average Bonchev–Trinajstić information content (AvgIpc) is 1.69. The van der Waals surface area contributed by atoms with Crippen LogP contribution >= 0.6 is 0 Å². The van der Waals surface area contributed by atoms with Crippen molar-refractivity contribution in [2.75, 3.05) is 14.1 Å². The van der Waals surface area contributed by atoms with Gasteiger partial charge in [-0.3, -0.25) is 0 Å². The maximum absolute atomic E-state index is 6.92. The molecule has 0 spiro atoms. The fraction of sp³-hybridized carbons (Fsp3) is 0.833. The summed E-state index contributed by atoms with van der Waals surface area (Å²) in [5, 5.41) is 6.92. The number of hydrogen-bond acceptors (Lipinski definition) is 2. The third-order valence-electron chi connectivity index (χ3n) is 1.27. The number of rotatable bonds is 3. The van der Waals surface area contributed by atoms with Crippen LogP contribution in [0.25, 0.3) is 0 Å². The van der Waals surface area contributed by atoms with Crippen molar-refractivity contribution in [2.45, 2.75) is 19.4 Å². The van der Waals surface area contributed by atoms with Gasteiger partial charge in [0.2, 0.25) is 0 Å². The molecule has 0 amide bonds. The highest BCUT2D eigenvalue weighted by Gasteiger charge is 2.01. The van der Waals surface area contributed by atoms with Crippen molar-refractivity contribution in [3.63, 3.8) is 0 Å². The molecular formula is C6H14N2. The second-order valence-electron chi connectivity index (χ2n) is 2.11. The van der Waals surface area contributed by atoms with E-state index in [1.165, 1.54) is 6.21 Å². The van der Waals surface area contributed by atoms with Gasteiger partial charge in [-0.05, 0) is 20.5 Å². The Labute approximate surface area is 51.0 Å². The Bertz CT molecular complexity index is 68.9. The van der Waals surface area contributed by atoms with E-state index in [-0.39, 0.29) is 0 Å². The fourth-order valence-electron chi connectivity index (χ4n) is 0.632. The Balaban J connectivity index is 3.51. The minimum Gasteiger partial charge on any atom is -0.311 e. The van der Waals surface area contributed by atoms with Gasteiger partial charge in [-0.1, -0.05) is 6.92 Å². The summed E-state index contributed by atoms with van der Waals surface area (Å²) in [5.41, 5.74) is 0. The van der Waals surface area contributed by atoms with Crippen molar-refractivity contribution >= 4 is 6.21 Å². The molecule has 0 aliphatic heterocycles. The van der Waals surface area contributed by atoms with Gasteiger partial charge < -0.3 is 10.3 Å². The van der Waals surface area contributed by atoms with E-state index in [1.54, 1.807) is 0 Å².